The number of guanidine groups is 1. The molecule has 176 valence electrons. The van der Waals surface area contributed by atoms with Crippen LogP contribution in [0.3, 0.4) is 0 Å². The second-order valence-electron chi connectivity index (χ2n) is 8.71. The number of halogens is 1. The van der Waals surface area contributed by atoms with Crippen LogP contribution in [-0.2, 0) is 0 Å². The molecule has 0 bridgehead atoms. The van der Waals surface area contributed by atoms with Gasteiger partial charge in [-0.05, 0) is 84.4 Å². The highest BCUT2D eigenvalue weighted by atomic mass is 127. The standard InChI is InChI=1S/C24H41N5O.HI/c1-3-25-23(26-15-10-20-30-22-11-6-4-7-12-22)27-21-24(13-18-28(2)19-14-24)29-16-8-5-9-17-29;/h4,6-7,11-12H,3,5,8-10,13-21H2,1-2H3,(H2,25,26,27);1H. The molecule has 2 saturated heterocycles. The molecule has 0 aromatic heterocycles. The second-order valence-corrected chi connectivity index (χ2v) is 8.71. The van der Waals surface area contributed by atoms with E-state index >= 15 is 0 Å². The predicted molar refractivity (Wildman–Crippen MR) is 141 cm³/mol. The maximum absolute atomic E-state index is 5.80. The molecule has 0 radical (unpaired) electrons. The first kappa shape index (κ1) is 26.2. The van der Waals surface area contributed by atoms with Gasteiger partial charge in [-0.1, -0.05) is 24.6 Å². The van der Waals surface area contributed by atoms with E-state index in [-0.39, 0.29) is 29.5 Å². The number of rotatable bonds is 9. The number of aliphatic imine (C=N–C) groups is 1. The summed E-state index contributed by atoms with van der Waals surface area (Å²) in [6, 6.07) is 10.0. The highest BCUT2D eigenvalue weighted by molar-refractivity contribution is 14.0. The van der Waals surface area contributed by atoms with Gasteiger partial charge in [-0.2, -0.15) is 0 Å². The number of nitrogens with zero attached hydrogens (tertiary/aromatic N) is 3. The Morgan fingerprint density at radius 3 is 2.42 bits per heavy atom. The molecule has 2 aliphatic heterocycles. The summed E-state index contributed by atoms with van der Waals surface area (Å²) in [4.78, 5) is 10.3. The Bertz CT molecular complexity index is 628. The average molecular weight is 544 g/mol. The normalized spacial score (nSPS) is 20.0. The van der Waals surface area contributed by atoms with Gasteiger partial charge >= 0.3 is 0 Å². The van der Waals surface area contributed by atoms with Crippen molar-refractivity contribution in [2.24, 2.45) is 4.99 Å². The molecule has 0 spiro atoms. The summed E-state index contributed by atoms with van der Waals surface area (Å²) in [5.41, 5.74) is 0.228. The van der Waals surface area contributed by atoms with Gasteiger partial charge in [-0.15, -0.1) is 24.0 Å². The fraction of sp³-hybridized carbons (Fsp3) is 0.708. The van der Waals surface area contributed by atoms with E-state index in [0.717, 1.165) is 37.8 Å². The van der Waals surface area contributed by atoms with Gasteiger partial charge in [-0.25, -0.2) is 0 Å². The Morgan fingerprint density at radius 1 is 1.03 bits per heavy atom. The molecule has 1 aromatic rings. The largest absolute Gasteiger partial charge is 0.494 e. The Morgan fingerprint density at radius 2 is 1.74 bits per heavy atom. The maximum atomic E-state index is 5.80. The SMILES string of the molecule is CCNC(=NCC1(N2CCCCC2)CCN(C)CC1)NCCCOc1ccccc1.I. The third kappa shape index (κ3) is 8.42. The maximum Gasteiger partial charge on any atom is 0.191 e. The van der Waals surface area contributed by atoms with Crippen molar-refractivity contribution in [1.82, 2.24) is 20.4 Å². The zero-order chi connectivity index (χ0) is 21.1. The van der Waals surface area contributed by atoms with Gasteiger partial charge in [0.25, 0.3) is 0 Å². The molecule has 1 aromatic carbocycles. The van der Waals surface area contributed by atoms with Gasteiger partial charge in [-0.3, -0.25) is 9.89 Å². The molecule has 2 heterocycles. The quantitative estimate of drug-likeness (QED) is 0.216. The summed E-state index contributed by atoms with van der Waals surface area (Å²) in [6.07, 6.45) is 7.43. The van der Waals surface area contributed by atoms with Crippen molar-refractivity contribution in [1.29, 1.82) is 0 Å². The van der Waals surface area contributed by atoms with Crippen molar-refractivity contribution in [2.75, 3.05) is 59.5 Å². The summed E-state index contributed by atoms with van der Waals surface area (Å²) >= 11 is 0. The molecular formula is C24H42IN5O. The van der Waals surface area contributed by atoms with Crippen LogP contribution in [0.25, 0.3) is 0 Å². The summed E-state index contributed by atoms with van der Waals surface area (Å²) in [7, 11) is 2.24. The van der Waals surface area contributed by atoms with Crippen molar-refractivity contribution in [2.45, 2.75) is 51.0 Å². The zero-order valence-corrected chi connectivity index (χ0v) is 21.8. The van der Waals surface area contributed by atoms with Gasteiger partial charge in [0.05, 0.1) is 13.2 Å². The molecule has 7 heteroatoms. The van der Waals surface area contributed by atoms with Crippen molar-refractivity contribution < 1.29 is 4.74 Å². The first-order valence-corrected chi connectivity index (χ1v) is 11.9. The van der Waals surface area contributed by atoms with E-state index in [1.54, 1.807) is 0 Å². The molecule has 6 nitrogen and oxygen atoms in total. The van der Waals surface area contributed by atoms with Gasteiger partial charge in [0, 0.05) is 18.6 Å². The zero-order valence-electron chi connectivity index (χ0n) is 19.4. The second kappa shape index (κ2) is 14.2. The minimum atomic E-state index is 0. The average Bonchev–Trinajstić information content (AvgIpc) is 2.80. The van der Waals surface area contributed by atoms with Crippen LogP contribution in [0.1, 0.15) is 45.4 Å². The molecule has 0 atom stereocenters. The lowest BCUT2D eigenvalue weighted by molar-refractivity contribution is 0.0208. The topological polar surface area (TPSA) is 52.1 Å². The Balaban J connectivity index is 0.00000341. The summed E-state index contributed by atoms with van der Waals surface area (Å²) < 4.78 is 5.80. The van der Waals surface area contributed by atoms with Crippen molar-refractivity contribution in [3.8, 4) is 5.75 Å². The number of ether oxygens (including phenoxy) is 1. The molecular weight excluding hydrogens is 501 g/mol. The molecule has 2 fully saturated rings. The number of likely N-dealkylation sites (tertiary alicyclic amines) is 2. The van der Waals surface area contributed by atoms with Crippen molar-refractivity contribution >= 4 is 29.9 Å². The highest BCUT2D eigenvalue weighted by Gasteiger charge is 2.39. The molecule has 0 unspecified atom stereocenters. The van der Waals surface area contributed by atoms with Crippen molar-refractivity contribution in [3.05, 3.63) is 30.3 Å². The van der Waals surface area contributed by atoms with E-state index in [2.05, 4.69) is 34.4 Å². The molecule has 0 saturated carbocycles. The van der Waals surface area contributed by atoms with Crippen LogP contribution >= 0.6 is 24.0 Å². The molecule has 2 N–H and O–H groups in total. The number of benzene rings is 1. The Labute approximate surface area is 206 Å². The number of hydrogen-bond donors (Lipinski definition) is 2. The Kier molecular flexibility index (Phi) is 12.0. The number of hydrogen-bond acceptors (Lipinski definition) is 4. The molecule has 2 aliphatic rings. The molecule has 0 amide bonds. The van der Waals surface area contributed by atoms with Gasteiger partial charge in [0.2, 0.25) is 0 Å². The van der Waals surface area contributed by atoms with E-state index in [4.69, 9.17) is 9.73 Å². The molecule has 3 rings (SSSR count). The Hall–Kier alpha value is -1.06. The summed E-state index contributed by atoms with van der Waals surface area (Å²) in [5, 5.41) is 6.93. The van der Waals surface area contributed by atoms with Gasteiger partial charge in [0.15, 0.2) is 5.96 Å². The lowest BCUT2D eigenvalue weighted by Crippen LogP contribution is -2.58. The third-order valence-electron chi connectivity index (χ3n) is 6.45. The van der Waals surface area contributed by atoms with E-state index < -0.39 is 0 Å². The van der Waals surface area contributed by atoms with E-state index in [1.807, 2.05) is 30.3 Å². The van der Waals surface area contributed by atoms with Crippen LogP contribution in [0.5, 0.6) is 5.75 Å². The first-order chi connectivity index (χ1) is 14.7. The van der Waals surface area contributed by atoms with Crippen LogP contribution in [0.2, 0.25) is 0 Å². The van der Waals surface area contributed by atoms with Crippen LogP contribution in [-0.4, -0.2) is 80.8 Å². The molecule has 31 heavy (non-hydrogen) atoms. The van der Waals surface area contributed by atoms with Crippen LogP contribution in [0.15, 0.2) is 35.3 Å². The van der Waals surface area contributed by atoms with Gasteiger partial charge < -0.3 is 20.3 Å². The fourth-order valence-corrected chi connectivity index (χ4v) is 4.53. The van der Waals surface area contributed by atoms with Crippen LogP contribution in [0, 0.1) is 0 Å². The summed E-state index contributed by atoms with van der Waals surface area (Å²) in [6.45, 7) is 10.3. The smallest absolute Gasteiger partial charge is 0.191 e. The predicted octanol–water partition coefficient (Wildman–Crippen LogP) is 3.58. The van der Waals surface area contributed by atoms with Gasteiger partial charge in [0.1, 0.15) is 5.75 Å². The number of piperidine rings is 2. The first-order valence-electron chi connectivity index (χ1n) is 11.9. The van der Waals surface area contributed by atoms with E-state index in [1.165, 1.54) is 58.3 Å². The minimum Gasteiger partial charge on any atom is -0.494 e. The lowest BCUT2D eigenvalue weighted by Gasteiger charge is -2.49. The van der Waals surface area contributed by atoms with Crippen LogP contribution in [0.4, 0.5) is 0 Å². The highest BCUT2D eigenvalue weighted by Crippen LogP contribution is 2.31. The van der Waals surface area contributed by atoms with Crippen molar-refractivity contribution in [3.63, 3.8) is 0 Å². The third-order valence-corrected chi connectivity index (χ3v) is 6.45. The number of para-hydroxylation sites is 1. The fourth-order valence-electron chi connectivity index (χ4n) is 4.53. The minimum absolute atomic E-state index is 0. The van der Waals surface area contributed by atoms with Crippen LogP contribution < -0.4 is 15.4 Å². The lowest BCUT2D eigenvalue weighted by atomic mass is 9.84. The van der Waals surface area contributed by atoms with E-state index in [0.29, 0.717) is 6.61 Å². The summed E-state index contributed by atoms with van der Waals surface area (Å²) in [5.74, 6) is 1.87. The van der Waals surface area contributed by atoms with E-state index in [9.17, 15) is 0 Å². The monoisotopic (exact) mass is 543 g/mol. The molecule has 0 aliphatic carbocycles. The number of nitrogens with one attached hydrogen (secondary N) is 2.